The zero-order chi connectivity index (χ0) is 27.9. The van der Waals surface area contributed by atoms with Gasteiger partial charge in [0.1, 0.15) is 22.7 Å². The molecule has 0 aliphatic carbocycles. The van der Waals surface area contributed by atoms with Crippen molar-refractivity contribution in [2.45, 2.75) is 25.3 Å². The molecule has 4 aromatic rings. The number of benzene rings is 1. The molecule has 12 heteroatoms. The van der Waals surface area contributed by atoms with E-state index < -0.39 is 0 Å². The molecule has 3 N–H and O–H groups in total. The Labute approximate surface area is 230 Å². The lowest BCUT2D eigenvalue weighted by Gasteiger charge is -2.33. The van der Waals surface area contributed by atoms with Crippen molar-refractivity contribution < 1.29 is 19.1 Å². The Morgan fingerprint density at radius 2 is 2.00 bits per heavy atom. The molecular weight excluding hydrogens is 512 g/mol. The number of likely N-dealkylation sites (tertiary alicyclic amines) is 1. The maximum Gasteiger partial charge on any atom is 0.256 e. The zero-order valence-corrected chi connectivity index (χ0v) is 21.9. The number of nitriles is 1. The molecule has 3 aromatic heterocycles. The van der Waals surface area contributed by atoms with Crippen LogP contribution < -0.4 is 15.4 Å². The van der Waals surface area contributed by atoms with Crippen molar-refractivity contribution in [3.8, 4) is 17.6 Å². The second kappa shape index (κ2) is 12.2. The number of carbonyl (C=O) groups excluding carboxylic acids is 2. The van der Waals surface area contributed by atoms with Crippen LogP contribution in [0.5, 0.6) is 11.5 Å². The van der Waals surface area contributed by atoms with E-state index in [-0.39, 0.29) is 17.9 Å². The molecule has 0 spiro atoms. The third kappa shape index (κ3) is 6.16. The summed E-state index contributed by atoms with van der Waals surface area (Å²) in [5.41, 5.74) is 1.37. The van der Waals surface area contributed by atoms with Gasteiger partial charge in [-0.25, -0.2) is 9.97 Å². The monoisotopic (exact) mass is 540 g/mol. The number of fused-ring (bicyclic) bond motifs is 1. The third-order valence-electron chi connectivity index (χ3n) is 6.53. The van der Waals surface area contributed by atoms with E-state index >= 15 is 0 Å². The third-order valence-corrected chi connectivity index (χ3v) is 6.53. The summed E-state index contributed by atoms with van der Waals surface area (Å²) in [6, 6.07) is 13.5. The summed E-state index contributed by atoms with van der Waals surface area (Å²) in [6.07, 6.45) is 5.24. The highest BCUT2D eigenvalue weighted by Gasteiger charge is 2.25. The van der Waals surface area contributed by atoms with Crippen molar-refractivity contribution in [2.24, 2.45) is 0 Å². The molecule has 0 saturated carbocycles. The first-order chi connectivity index (χ1) is 19.5. The number of hydrogen-bond donors (Lipinski definition) is 3. The minimum absolute atomic E-state index is 0.0286. The molecular formula is C28H28N8O4. The molecule has 1 aliphatic rings. The van der Waals surface area contributed by atoms with Gasteiger partial charge in [0.25, 0.3) is 5.91 Å². The second-order valence-corrected chi connectivity index (χ2v) is 9.29. The Balaban J connectivity index is 1.27. The van der Waals surface area contributed by atoms with Gasteiger partial charge in [-0.2, -0.15) is 10.4 Å². The summed E-state index contributed by atoms with van der Waals surface area (Å²) in [7, 11) is 1.59. The number of pyridine rings is 2. The van der Waals surface area contributed by atoms with Crippen LogP contribution in [-0.2, 0) is 9.53 Å². The normalized spacial score (nSPS) is 14.9. The predicted molar refractivity (Wildman–Crippen MR) is 147 cm³/mol. The average molecular weight is 541 g/mol. The first kappa shape index (κ1) is 26.6. The number of nitrogens with one attached hydrogen (secondary N) is 3. The number of anilines is 2. The van der Waals surface area contributed by atoms with Gasteiger partial charge in [0.05, 0.1) is 24.7 Å². The number of carbonyl (C=O) groups is 2. The van der Waals surface area contributed by atoms with Crippen molar-refractivity contribution >= 4 is 34.5 Å². The first-order valence-corrected chi connectivity index (χ1v) is 12.9. The SMILES string of the molecule is COCCC(=O)N1CCCC(Nc2n[nH]c3nccc(Oc4ccc(C(=O)Nc5cc(C#N)ccn5)cc4)c23)C1. The van der Waals surface area contributed by atoms with Crippen molar-refractivity contribution in [3.63, 3.8) is 0 Å². The largest absolute Gasteiger partial charge is 0.456 e. The molecule has 204 valence electrons. The van der Waals surface area contributed by atoms with E-state index in [1.165, 1.54) is 12.3 Å². The van der Waals surface area contributed by atoms with Crippen LogP contribution in [0, 0.1) is 11.3 Å². The van der Waals surface area contributed by atoms with E-state index in [1.54, 1.807) is 49.7 Å². The van der Waals surface area contributed by atoms with E-state index in [2.05, 4.69) is 30.8 Å². The van der Waals surface area contributed by atoms with E-state index in [4.69, 9.17) is 14.7 Å². The highest BCUT2D eigenvalue weighted by Crippen LogP contribution is 2.33. The Bertz CT molecular complexity index is 1550. The van der Waals surface area contributed by atoms with Crippen LogP contribution in [-0.4, -0.2) is 69.7 Å². The van der Waals surface area contributed by atoms with Gasteiger partial charge < -0.3 is 25.0 Å². The molecule has 1 unspecified atom stereocenters. The van der Waals surface area contributed by atoms with Crippen LogP contribution in [0.25, 0.3) is 11.0 Å². The van der Waals surface area contributed by atoms with Crippen LogP contribution in [0.2, 0.25) is 0 Å². The summed E-state index contributed by atoms with van der Waals surface area (Å²) in [6.45, 7) is 1.71. The summed E-state index contributed by atoms with van der Waals surface area (Å²) in [5.74, 6) is 1.67. The van der Waals surface area contributed by atoms with Gasteiger partial charge in [-0.05, 0) is 49.2 Å². The lowest BCUT2D eigenvalue weighted by molar-refractivity contribution is -0.133. The maximum absolute atomic E-state index is 12.6. The number of nitrogens with zero attached hydrogens (tertiary/aromatic N) is 5. The first-order valence-electron chi connectivity index (χ1n) is 12.9. The quantitative estimate of drug-likeness (QED) is 0.288. The van der Waals surface area contributed by atoms with Crippen molar-refractivity contribution in [3.05, 3.63) is 66.0 Å². The van der Waals surface area contributed by atoms with E-state index in [0.29, 0.717) is 64.9 Å². The standard InChI is InChI=1S/C28H28N8O4/c1-39-14-10-24(37)36-13-2-3-20(17-36)32-27-25-22(9-12-31-26(25)34-35-27)40-21-6-4-19(5-7-21)28(38)33-23-15-18(16-29)8-11-30-23/h4-9,11-12,15,20H,2-3,10,13-14,17H2,1H3,(H,30,33,38)(H2,31,32,34,35). The number of hydrogen-bond acceptors (Lipinski definition) is 9. The zero-order valence-electron chi connectivity index (χ0n) is 21.9. The minimum atomic E-state index is -0.357. The number of methoxy groups -OCH3 is 1. The van der Waals surface area contributed by atoms with Crippen LogP contribution in [0.1, 0.15) is 35.2 Å². The maximum atomic E-state index is 12.6. The lowest BCUT2D eigenvalue weighted by Crippen LogP contribution is -2.45. The molecule has 0 radical (unpaired) electrons. The fourth-order valence-electron chi connectivity index (χ4n) is 4.53. The van der Waals surface area contributed by atoms with Gasteiger partial charge in [-0.3, -0.25) is 14.7 Å². The lowest BCUT2D eigenvalue weighted by atomic mass is 10.1. The summed E-state index contributed by atoms with van der Waals surface area (Å²) < 4.78 is 11.2. The van der Waals surface area contributed by atoms with E-state index in [9.17, 15) is 9.59 Å². The smallest absolute Gasteiger partial charge is 0.256 e. The second-order valence-electron chi connectivity index (χ2n) is 9.29. The van der Waals surface area contributed by atoms with Gasteiger partial charge in [-0.1, -0.05) is 0 Å². The number of ether oxygens (including phenoxy) is 2. The van der Waals surface area contributed by atoms with Crippen LogP contribution >= 0.6 is 0 Å². The van der Waals surface area contributed by atoms with Gasteiger partial charge >= 0.3 is 0 Å². The van der Waals surface area contributed by atoms with Gasteiger partial charge in [0, 0.05) is 50.3 Å². The number of H-pyrrole nitrogens is 1. The van der Waals surface area contributed by atoms with Gasteiger partial charge in [-0.15, -0.1) is 0 Å². The number of rotatable bonds is 9. The van der Waals surface area contributed by atoms with E-state index in [1.807, 2.05) is 11.0 Å². The Kier molecular flexibility index (Phi) is 8.13. The number of aromatic amines is 1. The van der Waals surface area contributed by atoms with Crippen LogP contribution in [0.15, 0.2) is 54.9 Å². The molecule has 1 aliphatic heterocycles. The van der Waals surface area contributed by atoms with Crippen LogP contribution in [0.3, 0.4) is 0 Å². The molecule has 40 heavy (non-hydrogen) atoms. The van der Waals surface area contributed by atoms with Gasteiger partial charge in [0.15, 0.2) is 11.5 Å². The minimum Gasteiger partial charge on any atom is -0.456 e. The molecule has 2 amide bonds. The van der Waals surface area contributed by atoms with Crippen molar-refractivity contribution in [1.29, 1.82) is 5.26 Å². The number of piperidine rings is 1. The molecule has 1 atom stereocenters. The van der Waals surface area contributed by atoms with Crippen LogP contribution in [0.4, 0.5) is 11.6 Å². The highest BCUT2D eigenvalue weighted by atomic mass is 16.5. The predicted octanol–water partition coefficient (Wildman–Crippen LogP) is 3.71. The Morgan fingerprint density at radius 1 is 1.18 bits per heavy atom. The Hall–Kier alpha value is -5.02. The molecule has 1 saturated heterocycles. The fraction of sp³-hybridized carbons (Fsp3) is 0.286. The van der Waals surface area contributed by atoms with E-state index in [0.717, 1.165) is 19.4 Å². The fourth-order valence-corrected chi connectivity index (χ4v) is 4.53. The summed E-state index contributed by atoms with van der Waals surface area (Å²) in [4.78, 5) is 35.4. The van der Waals surface area contributed by atoms with Crippen molar-refractivity contribution in [1.82, 2.24) is 25.1 Å². The number of aromatic nitrogens is 4. The van der Waals surface area contributed by atoms with Crippen molar-refractivity contribution in [2.75, 3.05) is 37.4 Å². The Morgan fingerprint density at radius 3 is 2.80 bits per heavy atom. The molecule has 1 fully saturated rings. The topological polar surface area (TPSA) is 158 Å². The van der Waals surface area contributed by atoms with Gasteiger partial charge in [0.2, 0.25) is 5.91 Å². The molecule has 4 heterocycles. The summed E-state index contributed by atoms with van der Waals surface area (Å²) >= 11 is 0. The molecule has 1 aromatic carbocycles. The molecule has 12 nitrogen and oxygen atoms in total. The molecule has 5 rings (SSSR count). The average Bonchev–Trinajstić information content (AvgIpc) is 3.40. The molecule has 0 bridgehead atoms. The summed E-state index contributed by atoms with van der Waals surface area (Å²) in [5, 5.41) is 23.2. The number of amides is 2. The highest BCUT2D eigenvalue weighted by molar-refractivity contribution is 6.03.